The number of carbonyl (C=O) groups is 2. The van der Waals surface area contributed by atoms with Gasteiger partial charge in [0, 0.05) is 41.7 Å². The number of nitrogens with zero attached hydrogens (tertiary/aromatic N) is 5. The van der Waals surface area contributed by atoms with Gasteiger partial charge in [-0.05, 0) is 30.3 Å². The smallest absolute Gasteiger partial charge is 0.282 e. The Balaban J connectivity index is 1.40. The van der Waals surface area contributed by atoms with Gasteiger partial charge in [0.05, 0.1) is 27.0 Å². The standard InChI is InChI=1S/C28H22N5O3S/c1-31-23-7-2-3-8-24(23)37-28(31)30-33-26(35)20-6-4-5-19-22(10-9-21(25(19)20)27(33)36)29-17-18-11-13-32(14-12-18)15-16-34/h2-14,17,34H,15-16H2,1H3/q+1/b29-17?,30-28-. The molecular formula is C28H22N5O3S+. The first-order chi connectivity index (χ1) is 18.0. The van der Waals surface area contributed by atoms with Crippen molar-refractivity contribution in [2.45, 2.75) is 6.54 Å². The molecule has 8 nitrogen and oxygen atoms in total. The summed E-state index contributed by atoms with van der Waals surface area (Å²) < 4.78 is 4.78. The fourth-order valence-corrected chi connectivity index (χ4v) is 5.51. The topological polar surface area (TPSA) is 91.1 Å². The summed E-state index contributed by atoms with van der Waals surface area (Å²) in [7, 11) is 1.87. The normalized spacial score (nSPS) is 14.0. The summed E-state index contributed by atoms with van der Waals surface area (Å²) in [5.41, 5.74) is 3.37. The second kappa shape index (κ2) is 9.20. The summed E-state index contributed by atoms with van der Waals surface area (Å²) in [6.45, 7) is 0.599. The predicted molar refractivity (Wildman–Crippen MR) is 142 cm³/mol. The molecule has 6 rings (SSSR count). The number of para-hydroxylation sites is 1. The lowest BCUT2D eigenvalue weighted by molar-refractivity contribution is -0.698. The van der Waals surface area contributed by atoms with Crippen LogP contribution in [0.5, 0.6) is 0 Å². The number of imide groups is 1. The van der Waals surface area contributed by atoms with Crippen molar-refractivity contribution < 1.29 is 19.3 Å². The summed E-state index contributed by atoms with van der Waals surface area (Å²) in [5.74, 6) is -0.920. The number of amides is 2. The quantitative estimate of drug-likeness (QED) is 0.224. The molecular weight excluding hydrogens is 486 g/mol. The average molecular weight is 509 g/mol. The fraction of sp³-hybridized carbons (Fsp3) is 0.107. The van der Waals surface area contributed by atoms with Crippen LogP contribution in [0.15, 0.2) is 89.2 Å². The van der Waals surface area contributed by atoms with Crippen LogP contribution >= 0.6 is 11.3 Å². The van der Waals surface area contributed by atoms with Crippen molar-refractivity contribution >= 4 is 56.0 Å². The third kappa shape index (κ3) is 3.94. The van der Waals surface area contributed by atoms with Gasteiger partial charge in [-0.15, -0.1) is 5.10 Å². The number of fused-ring (bicyclic) bond motifs is 1. The van der Waals surface area contributed by atoms with Crippen molar-refractivity contribution in [3.63, 3.8) is 0 Å². The highest BCUT2D eigenvalue weighted by molar-refractivity contribution is 7.16. The van der Waals surface area contributed by atoms with Gasteiger partial charge in [0.1, 0.15) is 6.61 Å². The first-order valence-corrected chi connectivity index (χ1v) is 12.5. The van der Waals surface area contributed by atoms with Crippen molar-refractivity contribution in [3.05, 3.63) is 101 Å². The van der Waals surface area contributed by atoms with E-state index in [1.807, 2.05) is 71.0 Å². The van der Waals surface area contributed by atoms with E-state index in [9.17, 15) is 9.59 Å². The number of carbonyl (C=O) groups excluding carboxylic acids is 2. The zero-order valence-electron chi connectivity index (χ0n) is 19.9. The minimum Gasteiger partial charge on any atom is -0.390 e. The van der Waals surface area contributed by atoms with Crippen molar-refractivity contribution in [2.75, 3.05) is 6.61 Å². The van der Waals surface area contributed by atoms with Gasteiger partial charge in [-0.25, -0.2) is 4.57 Å². The Morgan fingerprint density at radius 3 is 2.46 bits per heavy atom. The molecule has 0 saturated carbocycles. The molecule has 1 aliphatic rings. The number of aliphatic imine (C=N–C) groups is 1. The molecule has 2 amide bonds. The highest BCUT2D eigenvalue weighted by Crippen LogP contribution is 2.35. The van der Waals surface area contributed by atoms with Crippen LogP contribution in [0.25, 0.3) is 21.0 Å². The highest BCUT2D eigenvalue weighted by Gasteiger charge is 2.33. The summed E-state index contributed by atoms with van der Waals surface area (Å²) >= 11 is 1.42. The van der Waals surface area contributed by atoms with Crippen LogP contribution in [0.1, 0.15) is 26.3 Å². The third-order valence-corrected chi connectivity index (χ3v) is 7.49. The van der Waals surface area contributed by atoms with E-state index in [1.165, 1.54) is 11.3 Å². The molecule has 0 atom stereocenters. The number of hydrogen-bond acceptors (Lipinski definition) is 6. The van der Waals surface area contributed by atoms with Crippen LogP contribution in [0.3, 0.4) is 0 Å². The molecule has 3 heterocycles. The van der Waals surface area contributed by atoms with E-state index in [1.54, 1.807) is 30.5 Å². The van der Waals surface area contributed by atoms with E-state index in [4.69, 9.17) is 5.11 Å². The summed E-state index contributed by atoms with van der Waals surface area (Å²) in [5, 5.41) is 15.9. The SMILES string of the molecule is Cn1/c(=N/N2C(=O)c3cccc4c(N=Cc5cc[n+](CCO)cc5)ccc(c34)C2=O)sc2ccccc21. The number of pyridine rings is 1. The van der Waals surface area contributed by atoms with Gasteiger partial charge >= 0.3 is 0 Å². The van der Waals surface area contributed by atoms with Gasteiger partial charge < -0.3 is 9.67 Å². The molecule has 0 saturated heterocycles. The van der Waals surface area contributed by atoms with E-state index in [2.05, 4.69) is 10.1 Å². The predicted octanol–water partition coefficient (Wildman–Crippen LogP) is 3.54. The molecule has 0 fully saturated rings. The number of aliphatic hydroxyl groups is 1. The van der Waals surface area contributed by atoms with Crippen molar-refractivity contribution in [2.24, 2.45) is 17.1 Å². The molecule has 0 aliphatic carbocycles. The van der Waals surface area contributed by atoms with Gasteiger partial charge in [-0.2, -0.15) is 5.01 Å². The van der Waals surface area contributed by atoms with Crippen LogP contribution in [0.4, 0.5) is 5.69 Å². The second-order valence-corrected chi connectivity index (χ2v) is 9.65. The molecule has 182 valence electrons. The first-order valence-electron chi connectivity index (χ1n) is 11.7. The number of aryl methyl sites for hydroxylation is 1. The lowest BCUT2D eigenvalue weighted by atomic mass is 9.94. The van der Waals surface area contributed by atoms with E-state index in [0.717, 1.165) is 26.2 Å². The highest BCUT2D eigenvalue weighted by atomic mass is 32.1. The second-order valence-electron chi connectivity index (χ2n) is 8.64. The van der Waals surface area contributed by atoms with Crippen LogP contribution in [-0.2, 0) is 13.6 Å². The summed E-state index contributed by atoms with van der Waals surface area (Å²) in [6, 6.07) is 20.6. The Hall–Kier alpha value is -4.47. The largest absolute Gasteiger partial charge is 0.390 e. The molecule has 0 bridgehead atoms. The Kier molecular flexibility index (Phi) is 5.71. The fourth-order valence-electron chi connectivity index (χ4n) is 4.50. The molecule has 37 heavy (non-hydrogen) atoms. The number of benzene rings is 3. The molecule has 0 radical (unpaired) electrons. The molecule has 0 spiro atoms. The number of rotatable bonds is 5. The maximum absolute atomic E-state index is 13.5. The monoisotopic (exact) mass is 508 g/mol. The molecule has 5 aromatic rings. The first kappa shape index (κ1) is 23.0. The molecule has 3 aromatic carbocycles. The minimum absolute atomic E-state index is 0.0729. The van der Waals surface area contributed by atoms with Crippen molar-refractivity contribution in [1.82, 2.24) is 9.58 Å². The lowest BCUT2D eigenvalue weighted by Crippen LogP contribution is -2.38. The number of aliphatic hydroxyl groups excluding tert-OH is 1. The van der Waals surface area contributed by atoms with Crippen LogP contribution < -0.4 is 9.37 Å². The maximum Gasteiger partial charge on any atom is 0.282 e. The van der Waals surface area contributed by atoms with E-state index < -0.39 is 11.8 Å². The van der Waals surface area contributed by atoms with Crippen LogP contribution in [-0.4, -0.2) is 39.3 Å². The number of thiazole rings is 1. The number of hydrogen-bond donors (Lipinski definition) is 1. The van der Waals surface area contributed by atoms with Gasteiger partial charge in [0.25, 0.3) is 11.8 Å². The molecule has 0 unspecified atom stereocenters. The zero-order valence-corrected chi connectivity index (χ0v) is 20.7. The zero-order chi connectivity index (χ0) is 25.5. The van der Waals surface area contributed by atoms with Crippen molar-refractivity contribution in [1.29, 1.82) is 0 Å². The lowest BCUT2D eigenvalue weighted by Gasteiger charge is -2.23. The van der Waals surface area contributed by atoms with Crippen molar-refractivity contribution in [3.8, 4) is 0 Å². The Morgan fingerprint density at radius 1 is 0.946 bits per heavy atom. The third-order valence-electron chi connectivity index (χ3n) is 6.39. The summed E-state index contributed by atoms with van der Waals surface area (Å²) in [6.07, 6.45) is 5.49. The maximum atomic E-state index is 13.5. The van der Waals surface area contributed by atoms with E-state index in [-0.39, 0.29) is 6.61 Å². The van der Waals surface area contributed by atoms with Gasteiger partial charge in [0.15, 0.2) is 18.9 Å². The van der Waals surface area contributed by atoms with Gasteiger partial charge in [-0.1, -0.05) is 35.6 Å². The Bertz CT molecular complexity index is 1780. The van der Waals surface area contributed by atoms with E-state index >= 15 is 0 Å². The Labute approximate surface area is 215 Å². The Morgan fingerprint density at radius 2 is 1.70 bits per heavy atom. The van der Waals surface area contributed by atoms with Gasteiger partial charge in [0.2, 0.25) is 4.80 Å². The van der Waals surface area contributed by atoms with Gasteiger partial charge in [-0.3, -0.25) is 14.6 Å². The van der Waals surface area contributed by atoms with Crippen LogP contribution in [0.2, 0.25) is 0 Å². The number of aromatic nitrogens is 2. The molecule has 2 aromatic heterocycles. The summed E-state index contributed by atoms with van der Waals surface area (Å²) in [4.78, 5) is 32.1. The molecule has 9 heteroatoms. The molecule has 1 N–H and O–H groups in total. The average Bonchev–Trinajstić information content (AvgIpc) is 3.24. The molecule has 1 aliphatic heterocycles. The van der Waals surface area contributed by atoms with E-state index in [0.29, 0.717) is 33.5 Å². The van der Waals surface area contributed by atoms with Crippen LogP contribution in [0, 0.1) is 0 Å². The minimum atomic E-state index is -0.460.